The number of hydrogen-bond donors (Lipinski definition) is 1. The fourth-order valence-corrected chi connectivity index (χ4v) is 4.19. The number of rotatable bonds is 3. The summed E-state index contributed by atoms with van der Waals surface area (Å²) >= 11 is 8.82. The fourth-order valence-electron chi connectivity index (χ4n) is 3.38. The van der Waals surface area contributed by atoms with Crippen LogP contribution in [0, 0.1) is 0 Å². The van der Waals surface area contributed by atoms with Crippen molar-refractivity contribution in [2.75, 3.05) is 13.1 Å². The molecule has 8 heteroatoms. The summed E-state index contributed by atoms with van der Waals surface area (Å²) in [5.74, 6) is 0.165. The van der Waals surface area contributed by atoms with Gasteiger partial charge in [-0.25, -0.2) is 4.98 Å². The number of carbonyl (C=O) groups is 1. The van der Waals surface area contributed by atoms with Crippen LogP contribution < -0.4 is 27.6 Å². The van der Waals surface area contributed by atoms with Gasteiger partial charge in [0.2, 0.25) is 0 Å². The van der Waals surface area contributed by atoms with E-state index < -0.39 is 5.97 Å². The summed E-state index contributed by atoms with van der Waals surface area (Å²) in [6.45, 7) is 3.58. The lowest BCUT2D eigenvalue weighted by atomic mass is 9.89. The minimum Gasteiger partial charge on any atom is -0.699 e. The zero-order valence-corrected chi connectivity index (χ0v) is 17.6. The maximum absolute atomic E-state index is 11.1. The molecule has 1 fully saturated rings. The summed E-state index contributed by atoms with van der Waals surface area (Å²) in [6.07, 6.45) is 2.36. The number of halogens is 2. The molecule has 3 aromatic rings. The van der Waals surface area contributed by atoms with Gasteiger partial charge >= 0.3 is 12.0 Å². The molecule has 0 amide bonds. The second kappa shape index (κ2) is 7.73. The summed E-state index contributed by atoms with van der Waals surface area (Å²) in [5.41, 5.74) is 4.05. The molecule has 0 spiro atoms. The first-order chi connectivity index (χ1) is 13.0. The first-order valence-corrected chi connectivity index (χ1v) is 10.1. The van der Waals surface area contributed by atoms with Gasteiger partial charge in [0, 0.05) is 12.5 Å². The molecule has 2 aromatic heterocycles. The second-order valence-corrected chi connectivity index (χ2v) is 8.40. The number of esters is 1. The zero-order valence-electron chi connectivity index (χ0n) is 14.7. The number of pyridine rings is 1. The Balaban J connectivity index is 1.61. The molecule has 1 saturated heterocycles. The number of aromatic amines is 1. The maximum Gasteiger partial charge on any atom is 0.310 e. The number of carbonyl (C=O) groups excluding carboxylic acids is 1. The monoisotopic (exact) mass is 496 g/mol. The average molecular weight is 497 g/mol. The number of aromatic nitrogens is 3. The van der Waals surface area contributed by atoms with Crippen LogP contribution in [0.1, 0.15) is 31.2 Å². The van der Waals surface area contributed by atoms with Crippen LogP contribution >= 0.6 is 11.6 Å². The Kier molecular flexibility index (Phi) is 5.34. The average Bonchev–Trinajstić information content (AvgIpc) is 3.02. The smallest absolute Gasteiger partial charge is 0.310 e. The molecule has 1 N–H and O–H groups in total. The molecule has 27 heavy (non-hydrogen) atoms. The van der Waals surface area contributed by atoms with E-state index in [9.17, 15) is 4.79 Å². The van der Waals surface area contributed by atoms with Gasteiger partial charge in [-0.05, 0) is 43.5 Å². The van der Waals surface area contributed by atoms with Gasteiger partial charge in [0.15, 0.2) is 5.65 Å². The Morgan fingerprint density at radius 1 is 1.26 bits per heavy atom. The van der Waals surface area contributed by atoms with E-state index in [2.05, 4.69) is 65.2 Å². The van der Waals surface area contributed by atoms with Gasteiger partial charge in [-0.2, -0.15) is 4.98 Å². The normalized spacial score (nSPS) is 16.0. The van der Waals surface area contributed by atoms with Gasteiger partial charge in [0.25, 0.3) is 0 Å². The van der Waals surface area contributed by atoms with E-state index in [1.807, 2.05) is 0 Å². The first-order valence-electron chi connectivity index (χ1n) is 8.75. The van der Waals surface area contributed by atoms with Crippen molar-refractivity contribution < 1.29 is 32.4 Å². The molecular formula is C19H18ClIN4O2-. The minimum atomic E-state index is -0.440. The Bertz CT molecular complexity index is 981. The number of H-pyrrole nitrogens is 1. The van der Waals surface area contributed by atoms with Gasteiger partial charge in [0.1, 0.15) is 0 Å². The van der Waals surface area contributed by atoms with E-state index in [-0.39, 0.29) is 6.01 Å². The van der Waals surface area contributed by atoms with Crippen LogP contribution in [-0.4, -0.2) is 37.1 Å². The van der Waals surface area contributed by atoms with Crippen molar-refractivity contribution in [1.82, 2.24) is 18.1 Å². The first kappa shape index (κ1) is 18.6. The summed E-state index contributed by atoms with van der Waals surface area (Å²) in [6, 6.07) is 10.3. The Hall–Kier alpha value is -1.71. The maximum atomic E-state index is 11.1. The lowest BCUT2D eigenvalue weighted by Crippen LogP contribution is -3.41. The molecular weight excluding hydrogens is 479 g/mol. The topological polar surface area (TPSA) is 71.1 Å². The van der Waals surface area contributed by atoms with E-state index in [1.165, 1.54) is 25.3 Å². The quantitative estimate of drug-likeness (QED) is 0.331. The van der Waals surface area contributed by atoms with Gasteiger partial charge in [-0.3, -0.25) is 4.79 Å². The molecule has 1 aliphatic rings. The number of ether oxygens (including phenoxy) is 1. The van der Waals surface area contributed by atoms with Crippen molar-refractivity contribution in [3.63, 3.8) is 0 Å². The number of nitrogens with zero attached hydrogens (tertiary/aromatic N) is 3. The van der Waals surface area contributed by atoms with Crippen molar-refractivity contribution in [1.29, 1.82) is 0 Å². The van der Waals surface area contributed by atoms with Crippen LogP contribution in [-0.2, 0) is 4.79 Å². The minimum absolute atomic E-state index is 0.121. The van der Waals surface area contributed by atoms with E-state index in [4.69, 9.17) is 16.3 Å². The molecule has 0 unspecified atom stereocenters. The number of hydrogen-bond acceptors (Lipinski definition) is 5. The molecule has 1 radical (unpaired) electrons. The molecule has 1 aromatic carbocycles. The highest BCUT2D eigenvalue weighted by molar-refractivity contribution is 6.33. The lowest BCUT2D eigenvalue weighted by Gasteiger charge is -2.37. The van der Waals surface area contributed by atoms with E-state index in [0.717, 1.165) is 18.7 Å². The second-order valence-electron chi connectivity index (χ2n) is 6.63. The summed E-state index contributed by atoms with van der Waals surface area (Å²) in [4.78, 5) is 22.7. The van der Waals surface area contributed by atoms with Crippen LogP contribution in [0.4, 0.5) is 0 Å². The van der Waals surface area contributed by atoms with Crippen molar-refractivity contribution >= 4 is 28.7 Å². The van der Waals surface area contributed by atoms with E-state index in [1.54, 1.807) is 6.07 Å². The van der Waals surface area contributed by atoms with Crippen LogP contribution in [0.25, 0.3) is 22.4 Å². The van der Waals surface area contributed by atoms with Crippen molar-refractivity contribution in [2.24, 2.45) is 0 Å². The van der Waals surface area contributed by atoms with Gasteiger partial charge in [0.05, 0.1) is 16.2 Å². The fraction of sp³-hybridized carbons (Fsp3) is 0.316. The highest BCUT2D eigenvalue weighted by Crippen LogP contribution is 2.32. The van der Waals surface area contributed by atoms with Crippen molar-refractivity contribution in [3.8, 4) is 17.3 Å². The Labute approximate surface area is 175 Å². The molecule has 0 atom stereocenters. The third-order valence-corrected chi connectivity index (χ3v) is 5.99. The number of piperidine rings is 1. The summed E-state index contributed by atoms with van der Waals surface area (Å²) < 4.78 is 7.33. The Morgan fingerprint density at radius 2 is 1.96 bits per heavy atom. The lowest BCUT2D eigenvalue weighted by molar-refractivity contribution is -0.577. The third-order valence-electron chi connectivity index (χ3n) is 4.74. The Morgan fingerprint density at radius 3 is 2.63 bits per heavy atom. The predicted octanol–water partition coefficient (Wildman–Crippen LogP) is 0.851. The van der Waals surface area contributed by atoms with Gasteiger partial charge in [-0.1, -0.05) is 35.9 Å². The van der Waals surface area contributed by atoms with Crippen molar-refractivity contribution in [3.05, 3.63) is 40.9 Å². The number of benzene rings is 1. The van der Waals surface area contributed by atoms with Crippen LogP contribution in [0.15, 0.2) is 30.3 Å². The number of imidazole rings is 1. The van der Waals surface area contributed by atoms with Crippen LogP contribution in [0.2, 0.25) is 5.02 Å². The van der Waals surface area contributed by atoms with E-state index >= 15 is 0 Å². The molecule has 1 aliphatic heterocycles. The molecule has 0 bridgehead atoms. The van der Waals surface area contributed by atoms with Crippen LogP contribution in [0.5, 0.6) is 6.01 Å². The summed E-state index contributed by atoms with van der Waals surface area (Å²) in [7, 11) is 0. The highest BCUT2D eigenvalue weighted by Gasteiger charge is 2.17. The molecule has 6 nitrogen and oxygen atoms in total. The van der Waals surface area contributed by atoms with Gasteiger partial charge in [-0.15, -0.1) is 0 Å². The van der Waals surface area contributed by atoms with Gasteiger partial charge < -0.3 is 35.7 Å². The van der Waals surface area contributed by atoms with Crippen LogP contribution in [0.3, 0.4) is 0 Å². The molecule has 0 saturated carbocycles. The SMILES string of the molecule is CC(=O)Oc1nc2nc(-c3ccc(C4CCN([I-])CC4)cc3)c(Cl)cc2[nH]1. The van der Waals surface area contributed by atoms with Crippen molar-refractivity contribution in [2.45, 2.75) is 25.7 Å². The van der Waals surface area contributed by atoms with E-state index in [0.29, 0.717) is 27.8 Å². The predicted molar refractivity (Wildman–Crippen MR) is 99.2 cm³/mol. The molecule has 141 valence electrons. The highest BCUT2D eigenvalue weighted by atomic mass is 127. The molecule has 3 heterocycles. The largest absolute Gasteiger partial charge is 0.699 e. The number of fused-ring (bicyclic) bond motifs is 1. The molecule has 4 rings (SSSR count). The third kappa shape index (κ3) is 4.09. The number of nitrogens with one attached hydrogen (secondary N) is 1. The summed E-state index contributed by atoms with van der Waals surface area (Å²) in [5, 5.41) is 0.520. The molecule has 0 aliphatic carbocycles. The standard InChI is InChI=1S/C19H18ClIN4O2/c1-11(26)27-19-22-16-10-15(20)17(23-18(16)24-19)14-4-2-12(3-5-14)13-6-8-25(21)9-7-13/h2-5,10,13H,6-9H2,1H3,(H,22,23,24)/q-1. The zero-order chi connectivity index (χ0) is 19.0.